The number of hydrogen-bond acceptors (Lipinski definition) is 3. The maximum atomic E-state index is 13.8. The fourth-order valence-electron chi connectivity index (χ4n) is 3.03. The van der Waals surface area contributed by atoms with Crippen molar-refractivity contribution in [2.24, 2.45) is 0 Å². The Morgan fingerprint density at radius 3 is 2.65 bits per heavy atom. The first-order valence-corrected chi connectivity index (χ1v) is 7.33. The molecule has 0 fully saturated rings. The van der Waals surface area contributed by atoms with Crippen LogP contribution in [0.2, 0.25) is 0 Å². The summed E-state index contributed by atoms with van der Waals surface area (Å²) in [5, 5.41) is 4.54. The van der Waals surface area contributed by atoms with Crippen LogP contribution in [-0.2, 0) is 13.0 Å². The molecular weight excluding hydrogens is 298 g/mol. The van der Waals surface area contributed by atoms with Crippen molar-refractivity contribution >= 4 is 5.82 Å². The third kappa shape index (κ3) is 2.36. The molecule has 0 aliphatic carbocycles. The Balaban J connectivity index is 1.93. The van der Waals surface area contributed by atoms with E-state index in [0.29, 0.717) is 17.9 Å². The van der Waals surface area contributed by atoms with E-state index in [1.165, 1.54) is 12.1 Å². The van der Waals surface area contributed by atoms with E-state index >= 15 is 0 Å². The predicted molar refractivity (Wildman–Crippen MR) is 83.9 cm³/mol. The van der Waals surface area contributed by atoms with E-state index in [0.717, 1.165) is 22.4 Å². The van der Waals surface area contributed by atoms with Crippen LogP contribution in [0.15, 0.2) is 42.6 Å². The number of aromatic nitrogens is 3. The molecule has 0 unspecified atom stereocenters. The van der Waals surface area contributed by atoms with Gasteiger partial charge in [-0.15, -0.1) is 0 Å². The average molecular weight is 312 g/mol. The number of nitrogens with zero attached hydrogens (tertiary/aromatic N) is 3. The normalized spacial score (nSPS) is 16.5. The van der Waals surface area contributed by atoms with Crippen molar-refractivity contribution < 1.29 is 8.78 Å². The van der Waals surface area contributed by atoms with Gasteiger partial charge in [0.05, 0.1) is 6.54 Å². The molecule has 2 aromatic heterocycles. The van der Waals surface area contributed by atoms with Gasteiger partial charge in [0.15, 0.2) is 0 Å². The molecule has 0 saturated carbocycles. The summed E-state index contributed by atoms with van der Waals surface area (Å²) >= 11 is 0. The van der Waals surface area contributed by atoms with Gasteiger partial charge in [-0.25, -0.2) is 13.8 Å². The summed E-state index contributed by atoms with van der Waals surface area (Å²) in [7, 11) is 0. The van der Waals surface area contributed by atoms with Gasteiger partial charge >= 0.3 is 0 Å². The second kappa shape index (κ2) is 5.15. The fraction of sp³-hybridized carbons (Fsp3) is 0.176. The first kappa shape index (κ1) is 13.9. The van der Waals surface area contributed by atoms with Crippen LogP contribution in [0.1, 0.15) is 5.69 Å². The van der Waals surface area contributed by atoms with Gasteiger partial charge in [0.2, 0.25) is 0 Å². The Bertz CT molecular complexity index is 871. The SMILES string of the molecule is Nc1cc(-c2c(-c3ccc(F)cc3)nn3c2C[C@H](F)C3)ccn1. The van der Waals surface area contributed by atoms with Crippen LogP contribution in [0.25, 0.3) is 22.4 Å². The zero-order valence-electron chi connectivity index (χ0n) is 12.2. The smallest absolute Gasteiger partial charge is 0.125 e. The lowest BCUT2D eigenvalue weighted by molar-refractivity contribution is 0.322. The van der Waals surface area contributed by atoms with Crippen molar-refractivity contribution in [1.29, 1.82) is 0 Å². The van der Waals surface area contributed by atoms with Crippen molar-refractivity contribution in [2.75, 3.05) is 5.73 Å². The van der Waals surface area contributed by atoms with Gasteiger partial charge in [0, 0.05) is 29.4 Å². The lowest BCUT2D eigenvalue weighted by Crippen LogP contribution is -2.03. The van der Waals surface area contributed by atoms with E-state index in [-0.39, 0.29) is 12.4 Å². The zero-order chi connectivity index (χ0) is 16.0. The van der Waals surface area contributed by atoms with Crippen LogP contribution in [0.3, 0.4) is 0 Å². The predicted octanol–water partition coefficient (Wildman–Crippen LogP) is 3.23. The second-order valence-electron chi connectivity index (χ2n) is 5.63. The molecule has 23 heavy (non-hydrogen) atoms. The number of fused-ring (bicyclic) bond motifs is 1. The van der Waals surface area contributed by atoms with Crippen LogP contribution in [0.4, 0.5) is 14.6 Å². The van der Waals surface area contributed by atoms with Crippen molar-refractivity contribution in [2.45, 2.75) is 19.1 Å². The number of hydrogen-bond donors (Lipinski definition) is 1. The topological polar surface area (TPSA) is 56.7 Å². The highest BCUT2D eigenvalue weighted by Crippen LogP contribution is 2.38. The summed E-state index contributed by atoms with van der Waals surface area (Å²) in [5.74, 6) is 0.0846. The Labute approximate surface area is 131 Å². The number of pyridine rings is 1. The molecule has 1 aromatic carbocycles. The molecule has 0 saturated heterocycles. The first-order valence-electron chi connectivity index (χ1n) is 7.33. The molecule has 3 aromatic rings. The molecule has 0 spiro atoms. The molecule has 4 nitrogen and oxygen atoms in total. The van der Waals surface area contributed by atoms with Gasteiger partial charge in [-0.1, -0.05) is 0 Å². The Morgan fingerprint density at radius 2 is 1.91 bits per heavy atom. The van der Waals surface area contributed by atoms with Gasteiger partial charge in [-0.3, -0.25) is 4.68 Å². The van der Waals surface area contributed by atoms with E-state index in [4.69, 9.17) is 5.73 Å². The molecule has 3 heterocycles. The number of rotatable bonds is 2. The lowest BCUT2D eigenvalue weighted by Gasteiger charge is -2.07. The van der Waals surface area contributed by atoms with Crippen molar-refractivity contribution in [3.05, 3.63) is 54.1 Å². The third-order valence-electron chi connectivity index (χ3n) is 4.03. The highest BCUT2D eigenvalue weighted by molar-refractivity contribution is 5.83. The molecule has 1 atom stereocenters. The molecule has 1 aliphatic rings. The van der Waals surface area contributed by atoms with Crippen LogP contribution >= 0.6 is 0 Å². The molecular formula is C17H14F2N4. The third-order valence-corrected chi connectivity index (χ3v) is 4.03. The minimum Gasteiger partial charge on any atom is -0.384 e. The highest BCUT2D eigenvalue weighted by Gasteiger charge is 2.29. The summed E-state index contributed by atoms with van der Waals surface area (Å²) in [6.07, 6.45) is 0.995. The molecule has 116 valence electrons. The molecule has 6 heteroatoms. The zero-order valence-corrected chi connectivity index (χ0v) is 12.2. The van der Waals surface area contributed by atoms with Crippen LogP contribution < -0.4 is 5.73 Å². The van der Waals surface area contributed by atoms with E-state index in [2.05, 4.69) is 10.1 Å². The van der Waals surface area contributed by atoms with Crippen molar-refractivity contribution in [3.63, 3.8) is 0 Å². The first-order chi connectivity index (χ1) is 11.1. The van der Waals surface area contributed by atoms with Gasteiger partial charge in [0.25, 0.3) is 0 Å². The highest BCUT2D eigenvalue weighted by atomic mass is 19.1. The number of nitrogens with two attached hydrogens (primary N) is 1. The Morgan fingerprint density at radius 1 is 1.13 bits per heavy atom. The van der Waals surface area contributed by atoms with Gasteiger partial charge in [-0.05, 0) is 42.0 Å². The van der Waals surface area contributed by atoms with Crippen LogP contribution in [0.5, 0.6) is 0 Å². The average Bonchev–Trinajstić information content (AvgIpc) is 3.03. The summed E-state index contributed by atoms with van der Waals surface area (Å²) in [6.45, 7) is 0.240. The number of alkyl halides is 1. The fourth-order valence-corrected chi connectivity index (χ4v) is 3.03. The van der Waals surface area contributed by atoms with E-state index in [1.54, 1.807) is 29.1 Å². The summed E-state index contributed by atoms with van der Waals surface area (Å²) in [4.78, 5) is 4.00. The molecule has 4 rings (SSSR count). The largest absolute Gasteiger partial charge is 0.384 e. The molecule has 2 N–H and O–H groups in total. The monoisotopic (exact) mass is 312 g/mol. The minimum atomic E-state index is -0.933. The summed E-state index contributed by atoms with van der Waals surface area (Å²) < 4.78 is 28.6. The number of halogens is 2. The van der Waals surface area contributed by atoms with Gasteiger partial charge < -0.3 is 5.73 Å². The quantitative estimate of drug-likeness (QED) is 0.790. The van der Waals surface area contributed by atoms with E-state index in [1.807, 2.05) is 6.07 Å². The molecule has 0 amide bonds. The lowest BCUT2D eigenvalue weighted by atomic mass is 9.98. The van der Waals surface area contributed by atoms with Crippen LogP contribution in [0, 0.1) is 5.82 Å². The second-order valence-corrected chi connectivity index (χ2v) is 5.63. The van der Waals surface area contributed by atoms with E-state index in [9.17, 15) is 8.78 Å². The van der Waals surface area contributed by atoms with Crippen molar-refractivity contribution in [1.82, 2.24) is 14.8 Å². The standard InChI is InChI=1S/C17H14F2N4/c18-12-3-1-10(2-4-12)17-16(11-5-6-21-15(20)7-11)14-8-13(19)9-23(14)22-17/h1-7,13H,8-9H2,(H2,20,21)/t13-/m0/s1. The van der Waals surface area contributed by atoms with Crippen LogP contribution in [-0.4, -0.2) is 20.9 Å². The maximum absolute atomic E-state index is 13.8. The number of nitrogen functional groups attached to an aromatic ring is 1. The van der Waals surface area contributed by atoms with Crippen molar-refractivity contribution in [3.8, 4) is 22.4 Å². The summed E-state index contributed by atoms with van der Waals surface area (Å²) in [6, 6.07) is 9.71. The molecule has 0 radical (unpaired) electrons. The molecule has 0 bridgehead atoms. The number of anilines is 1. The van der Waals surface area contributed by atoms with Gasteiger partial charge in [-0.2, -0.15) is 5.10 Å². The Hall–Kier alpha value is -2.76. The van der Waals surface area contributed by atoms with E-state index < -0.39 is 6.17 Å². The summed E-state index contributed by atoms with van der Waals surface area (Å²) in [5.41, 5.74) is 9.79. The molecule has 1 aliphatic heterocycles. The Kier molecular flexibility index (Phi) is 3.11. The maximum Gasteiger partial charge on any atom is 0.125 e. The van der Waals surface area contributed by atoms with Gasteiger partial charge in [0.1, 0.15) is 23.5 Å². The minimum absolute atomic E-state index is 0.240. The number of benzene rings is 1.